The zero-order chi connectivity index (χ0) is 22.5. The lowest BCUT2D eigenvalue weighted by Gasteiger charge is -2.27. The number of anilines is 1. The second-order valence-corrected chi connectivity index (χ2v) is 9.46. The van der Waals surface area contributed by atoms with Crippen LogP contribution in [0.3, 0.4) is 0 Å². The third kappa shape index (κ3) is 5.71. The number of aryl methyl sites for hydroxylation is 1. The molecule has 0 spiro atoms. The first-order valence-electron chi connectivity index (χ1n) is 10.6. The van der Waals surface area contributed by atoms with Crippen LogP contribution < -0.4 is 9.64 Å². The van der Waals surface area contributed by atoms with Gasteiger partial charge in [0.25, 0.3) is 5.91 Å². The number of hydrogen-bond donors (Lipinski definition) is 0. The molecule has 0 radical (unpaired) electrons. The summed E-state index contributed by atoms with van der Waals surface area (Å²) in [5.41, 5.74) is 1.76. The van der Waals surface area contributed by atoms with Gasteiger partial charge in [0.1, 0.15) is 5.75 Å². The maximum Gasteiger partial charge on any atom is 0.266 e. The van der Waals surface area contributed by atoms with E-state index >= 15 is 0 Å². The van der Waals surface area contributed by atoms with Crippen LogP contribution in [0.5, 0.6) is 5.75 Å². The van der Waals surface area contributed by atoms with E-state index in [-0.39, 0.29) is 12.5 Å². The minimum absolute atomic E-state index is 0.0746. The number of hydrogen-bond acceptors (Lipinski definition) is 6. The molecule has 0 atom stereocenters. The molecule has 0 bridgehead atoms. The van der Waals surface area contributed by atoms with Crippen LogP contribution in [-0.4, -0.2) is 61.8 Å². The van der Waals surface area contributed by atoms with Crippen LogP contribution in [-0.2, 0) is 9.53 Å². The molecule has 3 aromatic rings. The molecule has 32 heavy (non-hydrogen) atoms. The number of carbonyl (C=O) groups excluding carboxylic acids is 1. The van der Waals surface area contributed by atoms with E-state index in [1.54, 1.807) is 29.2 Å². The summed E-state index contributed by atoms with van der Waals surface area (Å²) < 4.78 is 12.1. The predicted octanol–water partition coefficient (Wildman–Crippen LogP) is 5.05. The molecular weight excluding hydrogens is 469 g/mol. The number of carbonyl (C=O) groups is 1. The van der Waals surface area contributed by atoms with Crippen molar-refractivity contribution >= 4 is 55.8 Å². The first-order chi connectivity index (χ1) is 15.5. The molecule has 9 heteroatoms. The minimum atomic E-state index is -0.135. The Bertz CT molecular complexity index is 1070. The van der Waals surface area contributed by atoms with Crippen LogP contribution in [0, 0.1) is 6.92 Å². The van der Waals surface area contributed by atoms with E-state index in [2.05, 4.69) is 4.90 Å². The van der Waals surface area contributed by atoms with E-state index in [4.69, 9.17) is 37.7 Å². The Balaban J connectivity index is 1.49. The maximum absolute atomic E-state index is 13.2. The van der Waals surface area contributed by atoms with Crippen LogP contribution in [0.4, 0.5) is 5.13 Å². The van der Waals surface area contributed by atoms with Crippen LogP contribution in [0.1, 0.15) is 12.0 Å². The average Bonchev–Trinajstić information content (AvgIpc) is 3.24. The number of nitrogens with zero attached hydrogens (tertiary/aromatic N) is 3. The second-order valence-electron chi connectivity index (χ2n) is 7.61. The Hall–Kier alpha value is -1.90. The molecule has 1 amide bonds. The van der Waals surface area contributed by atoms with Gasteiger partial charge in [0.2, 0.25) is 0 Å². The largest absolute Gasteiger partial charge is 0.484 e. The summed E-state index contributed by atoms with van der Waals surface area (Å²) in [6.45, 7) is 6.70. The molecule has 0 aliphatic carbocycles. The van der Waals surface area contributed by atoms with Gasteiger partial charge in [0.05, 0.1) is 23.4 Å². The molecule has 1 aliphatic rings. The van der Waals surface area contributed by atoms with E-state index in [1.807, 2.05) is 19.1 Å². The number of morpholine rings is 1. The molecule has 2 aromatic carbocycles. The fraction of sp³-hybridized carbons (Fsp3) is 0.391. The molecule has 1 aromatic heterocycles. The fourth-order valence-electron chi connectivity index (χ4n) is 3.56. The summed E-state index contributed by atoms with van der Waals surface area (Å²) in [5, 5.41) is 1.96. The van der Waals surface area contributed by atoms with Crippen LogP contribution in [0.15, 0.2) is 36.4 Å². The lowest BCUT2D eigenvalue weighted by atomic mass is 10.2. The topological polar surface area (TPSA) is 54.9 Å². The first kappa shape index (κ1) is 23.3. The summed E-state index contributed by atoms with van der Waals surface area (Å²) in [4.78, 5) is 22.0. The highest BCUT2D eigenvalue weighted by Crippen LogP contribution is 2.33. The molecule has 1 aliphatic heterocycles. The van der Waals surface area contributed by atoms with Gasteiger partial charge in [0, 0.05) is 36.2 Å². The SMILES string of the molecule is Cc1c(Cl)ccc2sc(N(CCCN3CCOCC3)C(=O)COc3ccc(Cl)cc3)nc12. The highest BCUT2D eigenvalue weighted by atomic mass is 35.5. The summed E-state index contributed by atoms with van der Waals surface area (Å²) in [5.74, 6) is 0.465. The van der Waals surface area contributed by atoms with Crippen molar-refractivity contribution in [1.82, 2.24) is 9.88 Å². The zero-order valence-electron chi connectivity index (χ0n) is 17.9. The minimum Gasteiger partial charge on any atom is -0.484 e. The lowest BCUT2D eigenvalue weighted by Crippen LogP contribution is -2.40. The van der Waals surface area contributed by atoms with Gasteiger partial charge in [-0.15, -0.1) is 0 Å². The average molecular weight is 494 g/mol. The number of ether oxygens (including phenoxy) is 2. The van der Waals surface area contributed by atoms with Gasteiger partial charge in [0.15, 0.2) is 11.7 Å². The summed E-state index contributed by atoms with van der Waals surface area (Å²) >= 11 is 13.7. The van der Waals surface area contributed by atoms with Crippen molar-refractivity contribution in [2.45, 2.75) is 13.3 Å². The first-order valence-corrected chi connectivity index (χ1v) is 12.1. The monoisotopic (exact) mass is 493 g/mol. The maximum atomic E-state index is 13.2. The van der Waals surface area contributed by atoms with Crippen LogP contribution in [0.2, 0.25) is 10.0 Å². The highest BCUT2D eigenvalue weighted by molar-refractivity contribution is 7.22. The number of halogens is 2. The van der Waals surface area contributed by atoms with Gasteiger partial charge in [-0.1, -0.05) is 34.5 Å². The van der Waals surface area contributed by atoms with Crippen LogP contribution >= 0.6 is 34.5 Å². The molecule has 1 saturated heterocycles. The number of thiazole rings is 1. The quantitative estimate of drug-likeness (QED) is 0.439. The standard InChI is InChI=1S/C23H25Cl2N3O3S/c1-16-19(25)7-8-20-22(16)26-23(32-20)28(10-2-9-27-11-13-30-14-12-27)21(29)15-31-18-5-3-17(24)4-6-18/h3-8H,2,9-15H2,1H3. The van der Waals surface area contributed by atoms with Gasteiger partial charge in [-0.05, 0) is 55.3 Å². The van der Waals surface area contributed by atoms with E-state index in [0.29, 0.717) is 27.5 Å². The number of aromatic nitrogens is 1. The summed E-state index contributed by atoms with van der Waals surface area (Å²) in [7, 11) is 0. The summed E-state index contributed by atoms with van der Waals surface area (Å²) in [6, 6.07) is 10.8. The Labute approximate surface area is 201 Å². The molecular formula is C23H25Cl2N3O3S. The molecule has 6 nitrogen and oxygen atoms in total. The molecule has 170 valence electrons. The molecule has 0 N–H and O–H groups in total. The van der Waals surface area contributed by atoms with Crippen molar-refractivity contribution in [3.8, 4) is 5.75 Å². The Kier molecular flexibility index (Phi) is 7.86. The van der Waals surface area contributed by atoms with E-state index in [1.165, 1.54) is 11.3 Å². The molecule has 2 heterocycles. The van der Waals surface area contributed by atoms with Crippen molar-refractivity contribution in [3.05, 3.63) is 52.0 Å². The van der Waals surface area contributed by atoms with E-state index < -0.39 is 0 Å². The second kappa shape index (κ2) is 10.8. The number of fused-ring (bicyclic) bond motifs is 1. The van der Waals surface area contributed by atoms with Crippen molar-refractivity contribution in [2.75, 3.05) is 50.9 Å². The van der Waals surface area contributed by atoms with Crippen molar-refractivity contribution in [1.29, 1.82) is 0 Å². The number of rotatable bonds is 8. The zero-order valence-corrected chi connectivity index (χ0v) is 20.2. The molecule has 4 rings (SSSR count). The fourth-order valence-corrected chi connectivity index (χ4v) is 4.91. The predicted molar refractivity (Wildman–Crippen MR) is 131 cm³/mol. The number of benzene rings is 2. The van der Waals surface area contributed by atoms with Crippen LogP contribution in [0.25, 0.3) is 10.2 Å². The third-order valence-corrected chi connectivity index (χ3v) is 7.11. The summed E-state index contributed by atoms with van der Waals surface area (Å²) in [6.07, 6.45) is 0.836. The number of amides is 1. The van der Waals surface area contributed by atoms with Crippen molar-refractivity contribution in [3.63, 3.8) is 0 Å². The molecule has 1 fully saturated rings. The van der Waals surface area contributed by atoms with Gasteiger partial charge >= 0.3 is 0 Å². The van der Waals surface area contributed by atoms with Crippen molar-refractivity contribution in [2.24, 2.45) is 0 Å². The third-order valence-electron chi connectivity index (χ3n) is 5.40. The normalized spacial score (nSPS) is 14.6. The smallest absolute Gasteiger partial charge is 0.266 e. The van der Waals surface area contributed by atoms with Gasteiger partial charge in [-0.3, -0.25) is 14.6 Å². The van der Waals surface area contributed by atoms with Gasteiger partial charge in [-0.25, -0.2) is 4.98 Å². The highest BCUT2D eigenvalue weighted by Gasteiger charge is 2.22. The molecule has 0 unspecified atom stereocenters. The van der Waals surface area contributed by atoms with Gasteiger partial charge < -0.3 is 9.47 Å². The van der Waals surface area contributed by atoms with E-state index in [9.17, 15) is 4.79 Å². The van der Waals surface area contributed by atoms with Crippen molar-refractivity contribution < 1.29 is 14.3 Å². The van der Waals surface area contributed by atoms with Gasteiger partial charge in [-0.2, -0.15) is 0 Å². The Morgan fingerprint density at radius 2 is 1.94 bits per heavy atom. The Morgan fingerprint density at radius 3 is 2.69 bits per heavy atom. The van der Waals surface area contributed by atoms with E-state index in [0.717, 1.165) is 55.0 Å². The molecule has 0 saturated carbocycles. The Morgan fingerprint density at radius 1 is 1.19 bits per heavy atom. The lowest BCUT2D eigenvalue weighted by molar-refractivity contribution is -0.120.